The van der Waals surface area contributed by atoms with Gasteiger partial charge in [-0.15, -0.1) is 0 Å². The second kappa shape index (κ2) is 6.82. The van der Waals surface area contributed by atoms with E-state index in [4.69, 9.17) is 0 Å². The molecular weight excluding hydrogens is 260 g/mol. The van der Waals surface area contributed by atoms with Crippen molar-refractivity contribution in [2.24, 2.45) is 0 Å². The highest BCUT2D eigenvalue weighted by atomic mass is 32.1. The number of nitrogens with zero attached hydrogens (tertiary/aromatic N) is 1. The Bertz CT molecular complexity index is 538. The van der Waals surface area contributed by atoms with Gasteiger partial charge in [0.25, 0.3) is 0 Å². The first-order valence-corrected chi connectivity index (χ1v) is 6.77. The van der Waals surface area contributed by atoms with Crippen LogP contribution in [0.2, 0.25) is 0 Å². The zero-order valence-corrected chi connectivity index (χ0v) is 11.0. The molecule has 0 spiro atoms. The molecule has 0 aliphatic rings. The molecule has 4 nitrogen and oxygen atoms in total. The van der Waals surface area contributed by atoms with Crippen LogP contribution in [0, 0.1) is 0 Å². The number of thiophene rings is 1. The first kappa shape index (κ1) is 13.5. The van der Waals surface area contributed by atoms with Crippen molar-refractivity contribution in [2.75, 3.05) is 6.54 Å². The molecule has 5 heteroatoms. The van der Waals surface area contributed by atoms with Crippen molar-refractivity contribution in [3.05, 3.63) is 58.6 Å². The zero-order chi connectivity index (χ0) is 13.5. The molecule has 2 N–H and O–H groups in total. The summed E-state index contributed by atoms with van der Waals surface area (Å²) in [6.07, 6.45) is 4.03. The minimum atomic E-state index is -0.668. The summed E-state index contributed by atoms with van der Waals surface area (Å²) in [5.41, 5.74) is 1.54. The minimum absolute atomic E-state index is 0.197. The molecule has 0 aromatic carbocycles. The molecule has 0 bridgehead atoms. The van der Waals surface area contributed by atoms with Crippen LogP contribution in [0.5, 0.6) is 0 Å². The van der Waals surface area contributed by atoms with E-state index in [1.54, 1.807) is 12.3 Å². The van der Waals surface area contributed by atoms with Crippen molar-refractivity contribution in [2.45, 2.75) is 6.10 Å². The number of carbonyl (C=O) groups is 1. The van der Waals surface area contributed by atoms with Crippen LogP contribution in [0.25, 0.3) is 6.08 Å². The van der Waals surface area contributed by atoms with Gasteiger partial charge in [0.05, 0.1) is 11.8 Å². The van der Waals surface area contributed by atoms with Crippen LogP contribution in [0.3, 0.4) is 0 Å². The largest absolute Gasteiger partial charge is 0.387 e. The third-order valence-corrected chi connectivity index (χ3v) is 3.19. The molecule has 0 saturated carbocycles. The molecule has 0 saturated heterocycles. The van der Waals surface area contributed by atoms with Crippen LogP contribution in [-0.4, -0.2) is 22.5 Å². The summed E-state index contributed by atoms with van der Waals surface area (Å²) in [7, 11) is 0. The van der Waals surface area contributed by atoms with Crippen molar-refractivity contribution in [3.63, 3.8) is 0 Å². The Morgan fingerprint density at radius 1 is 1.47 bits per heavy atom. The van der Waals surface area contributed by atoms with E-state index < -0.39 is 6.10 Å². The van der Waals surface area contributed by atoms with E-state index in [2.05, 4.69) is 10.3 Å². The number of nitrogens with one attached hydrogen (secondary N) is 1. The van der Waals surface area contributed by atoms with Crippen LogP contribution in [0.1, 0.15) is 17.4 Å². The fourth-order valence-electron chi connectivity index (χ4n) is 1.47. The number of hydrogen-bond donors (Lipinski definition) is 2. The molecule has 0 fully saturated rings. The second-order valence-corrected chi connectivity index (χ2v) is 4.69. The van der Waals surface area contributed by atoms with Gasteiger partial charge >= 0.3 is 0 Å². The third-order valence-electron chi connectivity index (χ3n) is 2.49. The number of aromatic nitrogens is 1. The van der Waals surface area contributed by atoms with Crippen LogP contribution in [0.4, 0.5) is 0 Å². The standard InChI is InChI=1S/C14H14N2O2S/c17-13(11-6-8-19-10-11)9-16-14(18)5-4-12-3-1-2-7-15-12/h1-8,10,13,17H,9H2,(H,16,18)/b5-4+. The highest BCUT2D eigenvalue weighted by Gasteiger charge is 2.08. The third kappa shape index (κ3) is 4.31. The number of hydrogen-bond acceptors (Lipinski definition) is 4. The van der Waals surface area contributed by atoms with Gasteiger partial charge in [0.1, 0.15) is 0 Å². The summed E-state index contributed by atoms with van der Waals surface area (Å²) >= 11 is 1.51. The van der Waals surface area contributed by atoms with Gasteiger partial charge in [-0.05, 0) is 40.6 Å². The van der Waals surface area contributed by atoms with Crippen LogP contribution in [0.15, 0.2) is 47.3 Å². The molecule has 1 unspecified atom stereocenters. The number of rotatable bonds is 5. The minimum Gasteiger partial charge on any atom is -0.387 e. The van der Waals surface area contributed by atoms with Crippen LogP contribution < -0.4 is 5.32 Å². The lowest BCUT2D eigenvalue weighted by molar-refractivity contribution is -0.116. The van der Waals surface area contributed by atoms with E-state index in [1.165, 1.54) is 17.4 Å². The summed E-state index contributed by atoms with van der Waals surface area (Å²) in [5, 5.41) is 16.2. The SMILES string of the molecule is O=C(/C=C/c1ccccn1)NCC(O)c1ccsc1. The number of amides is 1. The average Bonchev–Trinajstić information content (AvgIpc) is 2.98. The lowest BCUT2D eigenvalue weighted by Gasteiger charge is -2.08. The van der Waals surface area contributed by atoms with Crippen LogP contribution in [-0.2, 0) is 4.79 Å². The number of aliphatic hydroxyl groups is 1. The fraction of sp³-hybridized carbons (Fsp3) is 0.143. The summed E-state index contributed by atoms with van der Waals surface area (Å²) < 4.78 is 0. The predicted octanol–water partition coefficient (Wildman–Crippen LogP) is 2.01. The van der Waals surface area contributed by atoms with Crippen molar-refractivity contribution in [1.29, 1.82) is 0 Å². The van der Waals surface area contributed by atoms with Gasteiger partial charge in [-0.1, -0.05) is 6.07 Å². The fourth-order valence-corrected chi connectivity index (χ4v) is 2.18. The van der Waals surface area contributed by atoms with E-state index in [0.29, 0.717) is 0 Å². The van der Waals surface area contributed by atoms with Gasteiger partial charge in [-0.3, -0.25) is 9.78 Å². The lowest BCUT2D eigenvalue weighted by atomic mass is 10.2. The van der Waals surface area contributed by atoms with Gasteiger partial charge in [0, 0.05) is 18.8 Å². The van der Waals surface area contributed by atoms with E-state index in [0.717, 1.165) is 11.3 Å². The van der Waals surface area contributed by atoms with Crippen molar-refractivity contribution in [3.8, 4) is 0 Å². The topological polar surface area (TPSA) is 62.2 Å². The Balaban J connectivity index is 1.80. The van der Waals surface area contributed by atoms with Crippen LogP contribution >= 0.6 is 11.3 Å². The van der Waals surface area contributed by atoms with Crippen molar-refractivity contribution in [1.82, 2.24) is 10.3 Å². The maximum atomic E-state index is 11.6. The van der Waals surface area contributed by atoms with Gasteiger partial charge < -0.3 is 10.4 Å². The predicted molar refractivity (Wildman–Crippen MR) is 75.6 cm³/mol. The second-order valence-electron chi connectivity index (χ2n) is 3.91. The highest BCUT2D eigenvalue weighted by Crippen LogP contribution is 2.14. The molecule has 2 rings (SSSR count). The quantitative estimate of drug-likeness (QED) is 0.820. The number of pyridine rings is 1. The molecule has 1 atom stereocenters. The van der Waals surface area contributed by atoms with Crippen molar-refractivity contribution < 1.29 is 9.90 Å². The molecular formula is C14H14N2O2S. The molecule has 1 amide bonds. The van der Waals surface area contributed by atoms with Crippen molar-refractivity contribution >= 4 is 23.3 Å². The van der Waals surface area contributed by atoms with E-state index in [-0.39, 0.29) is 12.5 Å². The van der Waals surface area contributed by atoms with Gasteiger partial charge in [0.2, 0.25) is 5.91 Å². The van der Waals surface area contributed by atoms with Gasteiger partial charge in [0.15, 0.2) is 0 Å². The molecule has 19 heavy (non-hydrogen) atoms. The molecule has 98 valence electrons. The average molecular weight is 274 g/mol. The molecule has 0 radical (unpaired) electrons. The Kier molecular flexibility index (Phi) is 4.83. The molecule has 0 aliphatic carbocycles. The first-order valence-electron chi connectivity index (χ1n) is 5.83. The Morgan fingerprint density at radius 3 is 3.05 bits per heavy atom. The first-order chi connectivity index (χ1) is 9.25. The van der Waals surface area contributed by atoms with E-state index in [9.17, 15) is 9.90 Å². The Labute approximate surface area is 115 Å². The number of carbonyl (C=O) groups excluding carboxylic acids is 1. The molecule has 0 aliphatic heterocycles. The summed E-state index contributed by atoms with van der Waals surface area (Å²) in [6, 6.07) is 7.31. The zero-order valence-electron chi connectivity index (χ0n) is 10.2. The smallest absolute Gasteiger partial charge is 0.244 e. The van der Waals surface area contributed by atoms with E-state index >= 15 is 0 Å². The van der Waals surface area contributed by atoms with Gasteiger partial charge in [-0.2, -0.15) is 11.3 Å². The highest BCUT2D eigenvalue weighted by molar-refractivity contribution is 7.07. The maximum absolute atomic E-state index is 11.6. The summed E-state index contributed by atoms with van der Waals surface area (Å²) in [5.74, 6) is -0.250. The van der Waals surface area contributed by atoms with Gasteiger partial charge in [-0.25, -0.2) is 0 Å². The number of aliphatic hydroxyl groups excluding tert-OH is 1. The normalized spacial score (nSPS) is 12.5. The molecule has 2 aromatic heterocycles. The monoisotopic (exact) mass is 274 g/mol. The Morgan fingerprint density at radius 2 is 2.37 bits per heavy atom. The maximum Gasteiger partial charge on any atom is 0.244 e. The Hall–Kier alpha value is -1.98. The summed E-state index contributed by atoms with van der Waals surface area (Å²) in [6.45, 7) is 0.197. The molecule has 2 aromatic rings. The lowest BCUT2D eigenvalue weighted by Crippen LogP contribution is -2.26. The summed E-state index contributed by atoms with van der Waals surface area (Å²) in [4.78, 5) is 15.6. The molecule has 2 heterocycles. The van der Waals surface area contributed by atoms with E-state index in [1.807, 2.05) is 35.0 Å².